The molecule has 1 aromatic heterocycles. The Morgan fingerprint density at radius 3 is 2.55 bits per heavy atom. The van der Waals surface area contributed by atoms with Crippen molar-refractivity contribution in [3.05, 3.63) is 83.4 Å². The van der Waals surface area contributed by atoms with E-state index in [2.05, 4.69) is 4.98 Å². The first-order valence-electron chi connectivity index (χ1n) is 8.91. The molecule has 0 saturated carbocycles. The molecule has 1 amide bonds. The van der Waals surface area contributed by atoms with Crippen molar-refractivity contribution in [2.24, 2.45) is 0 Å². The van der Waals surface area contributed by atoms with Gasteiger partial charge in [-0.1, -0.05) is 36.4 Å². The number of phenols is 1. The lowest BCUT2D eigenvalue weighted by Crippen LogP contribution is -2.29. The molecular formula is C21H20F3N3O2. The molecule has 0 bridgehead atoms. The maximum Gasteiger partial charge on any atom is 0.406 e. The second-order valence-electron chi connectivity index (χ2n) is 6.76. The van der Waals surface area contributed by atoms with E-state index in [4.69, 9.17) is 0 Å². The highest BCUT2D eigenvalue weighted by Crippen LogP contribution is 2.23. The highest BCUT2D eigenvalue weighted by molar-refractivity contribution is 5.96. The third-order valence-corrected chi connectivity index (χ3v) is 4.42. The third kappa shape index (κ3) is 5.37. The standard InChI is InChI=1S/C21H20F3N3O2/c1-26(13-19-25-9-10-27(19)14-21(22,23)24)20(29)17-12-16(7-8-18(17)28)11-15-5-3-2-4-6-15/h2-10,12,28H,11,13-14H2,1H3. The molecule has 3 aromatic rings. The van der Waals surface area contributed by atoms with Gasteiger partial charge in [0.1, 0.15) is 18.1 Å². The molecule has 152 valence electrons. The number of amides is 1. The number of aromatic nitrogens is 2. The number of hydrogen-bond acceptors (Lipinski definition) is 3. The molecule has 0 aliphatic rings. The Hall–Kier alpha value is -3.29. The molecule has 0 fully saturated rings. The number of phenolic OH excluding ortho intramolecular Hbond substituents is 1. The number of aromatic hydroxyl groups is 1. The third-order valence-electron chi connectivity index (χ3n) is 4.42. The Balaban J connectivity index is 1.76. The summed E-state index contributed by atoms with van der Waals surface area (Å²) in [7, 11) is 1.46. The first-order chi connectivity index (χ1) is 13.7. The minimum Gasteiger partial charge on any atom is -0.507 e. The SMILES string of the molecule is CN(Cc1nccn1CC(F)(F)F)C(=O)c1cc(Cc2ccccc2)ccc1O. The van der Waals surface area contributed by atoms with Crippen LogP contribution in [-0.4, -0.2) is 38.7 Å². The highest BCUT2D eigenvalue weighted by atomic mass is 19.4. The summed E-state index contributed by atoms with van der Waals surface area (Å²) in [5.41, 5.74) is 1.98. The minimum atomic E-state index is -4.39. The van der Waals surface area contributed by atoms with Gasteiger partial charge >= 0.3 is 6.18 Å². The Morgan fingerprint density at radius 1 is 1.14 bits per heavy atom. The Bertz CT molecular complexity index is 984. The quantitative estimate of drug-likeness (QED) is 0.677. The molecule has 5 nitrogen and oxygen atoms in total. The Morgan fingerprint density at radius 2 is 1.86 bits per heavy atom. The van der Waals surface area contributed by atoms with Crippen LogP contribution in [0.4, 0.5) is 13.2 Å². The number of imidazole rings is 1. The summed E-state index contributed by atoms with van der Waals surface area (Å²) in [6, 6.07) is 14.4. The largest absolute Gasteiger partial charge is 0.507 e. The Kier molecular flexibility index (Phi) is 5.91. The predicted octanol–water partition coefficient (Wildman–Crippen LogP) is 4.01. The molecule has 29 heavy (non-hydrogen) atoms. The molecule has 1 heterocycles. The summed E-state index contributed by atoms with van der Waals surface area (Å²) in [6.07, 6.45) is -1.32. The van der Waals surface area contributed by atoms with E-state index in [-0.39, 0.29) is 23.7 Å². The number of halogens is 3. The molecule has 3 rings (SSSR count). The van der Waals surface area contributed by atoms with Crippen molar-refractivity contribution >= 4 is 5.91 Å². The lowest BCUT2D eigenvalue weighted by atomic mass is 10.0. The zero-order valence-electron chi connectivity index (χ0n) is 15.7. The van der Waals surface area contributed by atoms with Crippen LogP contribution in [0.25, 0.3) is 0 Å². The summed E-state index contributed by atoms with van der Waals surface area (Å²) in [5.74, 6) is -0.575. The van der Waals surface area contributed by atoms with E-state index in [9.17, 15) is 23.1 Å². The van der Waals surface area contributed by atoms with Crippen molar-refractivity contribution < 1.29 is 23.1 Å². The number of nitrogens with zero attached hydrogens (tertiary/aromatic N) is 3. The molecule has 8 heteroatoms. The molecular weight excluding hydrogens is 383 g/mol. The fourth-order valence-electron chi connectivity index (χ4n) is 3.01. The summed E-state index contributed by atoms with van der Waals surface area (Å²) >= 11 is 0. The van der Waals surface area contributed by atoms with Crippen LogP contribution < -0.4 is 0 Å². The van der Waals surface area contributed by atoms with E-state index in [1.54, 1.807) is 12.1 Å². The van der Waals surface area contributed by atoms with E-state index in [0.717, 1.165) is 15.7 Å². The normalized spacial score (nSPS) is 11.4. The van der Waals surface area contributed by atoms with Crippen molar-refractivity contribution in [1.82, 2.24) is 14.5 Å². The first kappa shape index (κ1) is 20.4. The van der Waals surface area contributed by atoms with Gasteiger partial charge in [-0.05, 0) is 29.7 Å². The van der Waals surface area contributed by atoms with Crippen LogP contribution in [0, 0.1) is 0 Å². The number of rotatable bonds is 6. The number of carbonyl (C=O) groups excluding carboxylic acids is 1. The maximum atomic E-state index is 12.8. The maximum absolute atomic E-state index is 12.8. The lowest BCUT2D eigenvalue weighted by Gasteiger charge is -2.19. The fraction of sp³-hybridized carbons (Fsp3) is 0.238. The first-order valence-corrected chi connectivity index (χ1v) is 8.91. The summed E-state index contributed by atoms with van der Waals surface area (Å²) in [4.78, 5) is 18.0. The summed E-state index contributed by atoms with van der Waals surface area (Å²) in [5, 5.41) is 10.1. The fourth-order valence-corrected chi connectivity index (χ4v) is 3.01. The molecule has 0 aliphatic heterocycles. The van der Waals surface area contributed by atoms with Crippen LogP contribution in [0.3, 0.4) is 0 Å². The van der Waals surface area contributed by atoms with Crippen LogP contribution >= 0.6 is 0 Å². The van der Waals surface area contributed by atoms with Crippen LogP contribution in [0.2, 0.25) is 0 Å². The average Bonchev–Trinajstić information content (AvgIpc) is 3.08. The van der Waals surface area contributed by atoms with Gasteiger partial charge in [0.05, 0.1) is 12.1 Å². The second kappa shape index (κ2) is 8.38. The van der Waals surface area contributed by atoms with Crippen molar-refractivity contribution in [2.75, 3.05) is 7.05 Å². The van der Waals surface area contributed by atoms with Gasteiger partial charge in [0.2, 0.25) is 0 Å². The molecule has 0 atom stereocenters. The topological polar surface area (TPSA) is 58.4 Å². The number of carbonyl (C=O) groups is 1. The number of benzene rings is 2. The van der Waals surface area contributed by atoms with Gasteiger partial charge in [-0.3, -0.25) is 4.79 Å². The molecule has 1 N–H and O–H groups in total. The van der Waals surface area contributed by atoms with Crippen LogP contribution in [0.1, 0.15) is 27.3 Å². The minimum absolute atomic E-state index is 0.0925. The van der Waals surface area contributed by atoms with Crippen molar-refractivity contribution in [1.29, 1.82) is 0 Å². The van der Waals surface area contributed by atoms with Gasteiger partial charge in [0, 0.05) is 19.4 Å². The molecule has 0 unspecified atom stereocenters. The molecule has 0 spiro atoms. The average molecular weight is 403 g/mol. The second-order valence-corrected chi connectivity index (χ2v) is 6.76. The van der Waals surface area contributed by atoms with E-state index < -0.39 is 18.6 Å². The van der Waals surface area contributed by atoms with E-state index in [1.807, 2.05) is 30.3 Å². The monoisotopic (exact) mass is 403 g/mol. The van der Waals surface area contributed by atoms with Gasteiger partial charge in [0.25, 0.3) is 5.91 Å². The van der Waals surface area contributed by atoms with Gasteiger partial charge in [-0.25, -0.2) is 4.98 Å². The highest BCUT2D eigenvalue weighted by Gasteiger charge is 2.29. The van der Waals surface area contributed by atoms with Crippen molar-refractivity contribution in [3.63, 3.8) is 0 Å². The molecule has 0 aliphatic carbocycles. The predicted molar refractivity (Wildman–Crippen MR) is 101 cm³/mol. The zero-order valence-corrected chi connectivity index (χ0v) is 15.7. The number of hydrogen-bond donors (Lipinski definition) is 1. The van der Waals surface area contributed by atoms with Gasteiger partial charge < -0.3 is 14.6 Å². The van der Waals surface area contributed by atoms with Crippen molar-refractivity contribution in [3.8, 4) is 5.75 Å². The van der Waals surface area contributed by atoms with E-state index in [1.165, 1.54) is 30.4 Å². The lowest BCUT2D eigenvalue weighted by molar-refractivity contribution is -0.141. The number of alkyl halides is 3. The van der Waals surface area contributed by atoms with Crippen LogP contribution in [-0.2, 0) is 19.5 Å². The van der Waals surface area contributed by atoms with Crippen LogP contribution in [0.15, 0.2) is 60.9 Å². The summed E-state index contributed by atoms with van der Waals surface area (Å²) < 4.78 is 39.0. The molecule has 0 saturated heterocycles. The van der Waals surface area contributed by atoms with Gasteiger partial charge in [-0.2, -0.15) is 13.2 Å². The smallest absolute Gasteiger partial charge is 0.406 e. The van der Waals surface area contributed by atoms with Crippen LogP contribution in [0.5, 0.6) is 5.75 Å². The van der Waals surface area contributed by atoms with E-state index >= 15 is 0 Å². The summed E-state index contributed by atoms with van der Waals surface area (Å²) in [6.45, 7) is -1.30. The molecule has 2 aromatic carbocycles. The zero-order chi connectivity index (χ0) is 21.0. The Labute approximate surface area is 166 Å². The van der Waals surface area contributed by atoms with E-state index in [0.29, 0.717) is 6.42 Å². The van der Waals surface area contributed by atoms with Crippen molar-refractivity contribution in [2.45, 2.75) is 25.7 Å². The molecule has 0 radical (unpaired) electrons. The van der Waals surface area contributed by atoms with Gasteiger partial charge in [0.15, 0.2) is 0 Å². The van der Waals surface area contributed by atoms with Gasteiger partial charge in [-0.15, -0.1) is 0 Å².